The van der Waals surface area contributed by atoms with Crippen molar-refractivity contribution in [2.75, 3.05) is 20.6 Å². The highest BCUT2D eigenvalue weighted by atomic mass is 35.5. The molecule has 0 aliphatic carbocycles. The molecule has 0 aliphatic heterocycles. The Hall–Kier alpha value is -1.39. The molecule has 0 spiro atoms. The van der Waals surface area contributed by atoms with Gasteiger partial charge in [0.25, 0.3) is 5.91 Å². The van der Waals surface area contributed by atoms with Crippen LogP contribution in [0.3, 0.4) is 0 Å². The summed E-state index contributed by atoms with van der Waals surface area (Å²) >= 11 is 5.66. The summed E-state index contributed by atoms with van der Waals surface area (Å²) in [5.74, 6) is -2.09. The van der Waals surface area contributed by atoms with Gasteiger partial charge < -0.3 is 4.90 Å². The van der Waals surface area contributed by atoms with Crippen LogP contribution in [0.4, 0.5) is 17.6 Å². The minimum absolute atomic E-state index is 0.347. The second-order valence-electron chi connectivity index (χ2n) is 4.40. The molecule has 0 fully saturated rings. The Morgan fingerprint density at radius 2 is 1.86 bits per heavy atom. The van der Waals surface area contributed by atoms with Crippen molar-refractivity contribution in [3.8, 4) is 0 Å². The van der Waals surface area contributed by atoms with Crippen molar-refractivity contribution in [2.45, 2.75) is 11.1 Å². The maximum atomic E-state index is 13.7. The number of nitrogens with zero attached hydrogens (tertiary/aromatic N) is 1. The molecule has 1 amide bonds. The zero-order chi connectivity index (χ0) is 17.3. The van der Waals surface area contributed by atoms with Crippen LogP contribution in [-0.4, -0.2) is 46.0 Å². The third-order valence-electron chi connectivity index (χ3n) is 2.41. The maximum Gasteiger partial charge on any atom is 0.402 e. The number of nitrogens with one attached hydrogen (secondary N) is 1. The Labute approximate surface area is 128 Å². The Kier molecular flexibility index (Phi) is 5.42. The van der Waals surface area contributed by atoms with E-state index in [4.69, 9.17) is 11.6 Å². The van der Waals surface area contributed by atoms with Crippen LogP contribution in [0.15, 0.2) is 17.0 Å². The lowest BCUT2D eigenvalue weighted by atomic mass is 10.2. The molecule has 0 bridgehead atoms. The first-order valence-corrected chi connectivity index (χ1v) is 7.48. The molecule has 0 aromatic heterocycles. The SMILES string of the molecule is CN(C)C(=O)c1cc(S(=O)(=O)NCC(F)(F)F)c(F)cc1Cl. The van der Waals surface area contributed by atoms with Gasteiger partial charge in [-0.05, 0) is 12.1 Å². The van der Waals surface area contributed by atoms with Crippen LogP contribution in [0.2, 0.25) is 5.02 Å². The highest BCUT2D eigenvalue weighted by Crippen LogP contribution is 2.25. The lowest BCUT2D eigenvalue weighted by molar-refractivity contribution is -0.121. The van der Waals surface area contributed by atoms with Gasteiger partial charge >= 0.3 is 6.18 Å². The lowest BCUT2D eigenvalue weighted by Gasteiger charge is -2.14. The normalized spacial score (nSPS) is 12.3. The Morgan fingerprint density at radius 3 is 2.32 bits per heavy atom. The van der Waals surface area contributed by atoms with Gasteiger partial charge in [0, 0.05) is 14.1 Å². The highest BCUT2D eigenvalue weighted by Gasteiger charge is 2.31. The third kappa shape index (κ3) is 4.55. The van der Waals surface area contributed by atoms with Crippen molar-refractivity contribution < 1.29 is 30.8 Å². The molecule has 5 nitrogen and oxygen atoms in total. The van der Waals surface area contributed by atoms with E-state index in [0.29, 0.717) is 12.1 Å². The van der Waals surface area contributed by atoms with Gasteiger partial charge in [0.1, 0.15) is 17.3 Å². The van der Waals surface area contributed by atoms with Gasteiger partial charge in [-0.25, -0.2) is 17.5 Å². The Bertz CT molecular complexity index is 689. The highest BCUT2D eigenvalue weighted by molar-refractivity contribution is 7.89. The van der Waals surface area contributed by atoms with Crippen molar-refractivity contribution in [2.24, 2.45) is 0 Å². The topological polar surface area (TPSA) is 66.5 Å². The van der Waals surface area contributed by atoms with E-state index >= 15 is 0 Å². The monoisotopic (exact) mass is 362 g/mol. The Morgan fingerprint density at radius 1 is 1.32 bits per heavy atom. The molecule has 0 saturated heterocycles. The molecule has 0 atom stereocenters. The van der Waals surface area contributed by atoms with E-state index in [1.807, 2.05) is 0 Å². The first-order chi connectivity index (χ1) is 9.85. The average Bonchev–Trinajstić information content (AvgIpc) is 2.34. The van der Waals surface area contributed by atoms with Gasteiger partial charge in [0.15, 0.2) is 0 Å². The largest absolute Gasteiger partial charge is 0.402 e. The molecule has 0 radical (unpaired) electrons. The number of hydrogen-bond donors (Lipinski definition) is 1. The molecule has 124 valence electrons. The second-order valence-corrected chi connectivity index (χ2v) is 6.54. The molecule has 22 heavy (non-hydrogen) atoms. The van der Waals surface area contributed by atoms with Gasteiger partial charge in [-0.2, -0.15) is 13.2 Å². The van der Waals surface area contributed by atoms with E-state index in [1.54, 1.807) is 0 Å². The molecule has 1 N–H and O–H groups in total. The van der Waals surface area contributed by atoms with Crippen molar-refractivity contribution >= 4 is 27.5 Å². The summed E-state index contributed by atoms with van der Waals surface area (Å²) in [4.78, 5) is 11.8. The maximum absolute atomic E-state index is 13.7. The van der Waals surface area contributed by atoms with E-state index in [9.17, 15) is 30.8 Å². The van der Waals surface area contributed by atoms with Crippen LogP contribution in [0.5, 0.6) is 0 Å². The zero-order valence-electron chi connectivity index (χ0n) is 11.3. The number of alkyl halides is 3. The molecule has 0 aliphatic rings. The first kappa shape index (κ1) is 18.7. The van der Waals surface area contributed by atoms with Crippen molar-refractivity contribution in [3.05, 3.63) is 28.5 Å². The molecule has 0 saturated carbocycles. The molecule has 11 heteroatoms. The molecular weight excluding hydrogens is 352 g/mol. The quantitative estimate of drug-likeness (QED) is 0.833. The van der Waals surface area contributed by atoms with Crippen LogP contribution in [0, 0.1) is 5.82 Å². The molecule has 0 heterocycles. The van der Waals surface area contributed by atoms with Crippen LogP contribution in [0.25, 0.3) is 0 Å². The van der Waals surface area contributed by atoms with Gasteiger partial charge in [-0.3, -0.25) is 4.79 Å². The van der Waals surface area contributed by atoms with Gasteiger partial charge in [-0.1, -0.05) is 11.6 Å². The molecule has 1 rings (SSSR count). The summed E-state index contributed by atoms with van der Waals surface area (Å²) in [5.41, 5.74) is -0.347. The van der Waals surface area contributed by atoms with E-state index in [1.165, 1.54) is 18.8 Å². The van der Waals surface area contributed by atoms with E-state index in [0.717, 1.165) is 4.90 Å². The summed E-state index contributed by atoms with van der Waals surface area (Å²) in [7, 11) is -2.11. The fourth-order valence-corrected chi connectivity index (χ4v) is 2.72. The lowest BCUT2D eigenvalue weighted by Crippen LogP contribution is -2.34. The predicted molar refractivity (Wildman–Crippen MR) is 70.7 cm³/mol. The average molecular weight is 363 g/mol. The molecular formula is C11H11ClF4N2O3S. The number of amides is 1. The van der Waals surface area contributed by atoms with Gasteiger partial charge in [0.2, 0.25) is 10.0 Å². The minimum atomic E-state index is -4.81. The number of hydrogen-bond acceptors (Lipinski definition) is 3. The van der Waals surface area contributed by atoms with Gasteiger partial charge in [0.05, 0.1) is 10.6 Å². The predicted octanol–water partition coefficient (Wildman–Crippen LogP) is 2.02. The number of rotatable bonds is 4. The molecule has 1 aromatic rings. The summed E-state index contributed by atoms with van der Waals surface area (Å²) in [6, 6.07) is 1.15. The van der Waals surface area contributed by atoms with E-state index in [2.05, 4.69) is 0 Å². The van der Waals surface area contributed by atoms with Crippen molar-refractivity contribution in [1.82, 2.24) is 9.62 Å². The molecule has 0 unspecified atom stereocenters. The number of benzene rings is 1. The summed E-state index contributed by atoms with van der Waals surface area (Å²) in [6.45, 7) is -1.87. The zero-order valence-corrected chi connectivity index (χ0v) is 12.9. The molecule has 1 aromatic carbocycles. The standard InChI is InChI=1S/C11H11ClF4N2O3S/c1-18(2)10(19)6-3-9(8(13)4-7(6)12)22(20,21)17-5-11(14,15)16/h3-4,17H,5H2,1-2H3. The minimum Gasteiger partial charge on any atom is -0.345 e. The van der Waals surface area contributed by atoms with Crippen LogP contribution < -0.4 is 4.72 Å². The number of carbonyl (C=O) groups excluding carboxylic acids is 1. The van der Waals surface area contributed by atoms with Crippen molar-refractivity contribution in [1.29, 1.82) is 0 Å². The summed E-state index contributed by atoms with van der Waals surface area (Å²) < 4.78 is 74.6. The number of halogens is 5. The summed E-state index contributed by atoms with van der Waals surface area (Å²) in [6.07, 6.45) is -4.81. The van der Waals surface area contributed by atoms with Crippen molar-refractivity contribution in [3.63, 3.8) is 0 Å². The third-order valence-corrected chi connectivity index (χ3v) is 4.14. The fraction of sp³-hybridized carbons (Fsp3) is 0.364. The van der Waals surface area contributed by atoms with Crippen LogP contribution in [0.1, 0.15) is 10.4 Å². The van der Waals surface area contributed by atoms with E-state index in [-0.39, 0.29) is 10.6 Å². The first-order valence-electron chi connectivity index (χ1n) is 5.62. The number of sulfonamides is 1. The van der Waals surface area contributed by atoms with Crippen LogP contribution in [-0.2, 0) is 10.0 Å². The Balaban J connectivity index is 3.30. The number of carbonyl (C=O) groups is 1. The van der Waals surface area contributed by atoms with E-state index < -0.39 is 39.4 Å². The van der Waals surface area contributed by atoms with Gasteiger partial charge in [-0.15, -0.1) is 0 Å². The smallest absolute Gasteiger partial charge is 0.345 e. The summed E-state index contributed by atoms with van der Waals surface area (Å²) in [5, 5.41) is -0.356. The fourth-order valence-electron chi connectivity index (χ4n) is 1.39. The second kappa shape index (κ2) is 6.39. The van der Waals surface area contributed by atoms with Crippen LogP contribution >= 0.6 is 11.6 Å².